The van der Waals surface area contributed by atoms with Crippen molar-refractivity contribution in [2.24, 2.45) is 0 Å². The van der Waals surface area contributed by atoms with Gasteiger partial charge in [-0.25, -0.2) is 0 Å². The lowest BCUT2D eigenvalue weighted by Crippen LogP contribution is -2.15. The summed E-state index contributed by atoms with van der Waals surface area (Å²) in [7, 11) is 0. The summed E-state index contributed by atoms with van der Waals surface area (Å²) in [5.74, 6) is 0.908. The second-order valence-corrected chi connectivity index (χ2v) is 9.02. The predicted octanol–water partition coefficient (Wildman–Crippen LogP) is 5.80. The Morgan fingerprint density at radius 2 is 1.97 bits per heavy atom. The number of rotatable bonds is 6. The highest BCUT2D eigenvalue weighted by atomic mass is 79.9. The number of nitrogens with zero attached hydrogens (tertiary/aromatic N) is 3. The van der Waals surface area contributed by atoms with Crippen LogP contribution in [0.4, 0.5) is 5.69 Å². The molecule has 0 aliphatic heterocycles. The summed E-state index contributed by atoms with van der Waals surface area (Å²) in [6.45, 7) is 2.01. The van der Waals surface area contributed by atoms with Gasteiger partial charge in [0.05, 0.1) is 16.3 Å². The molecule has 2 aromatic heterocycles. The molecule has 146 valence electrons. The van der Waals surface area contributed by atoms with Gasteiger partial charge in [0.25, 0.3) is 0 Å². The van der Waals surface area contributed by atoms with Crippen LogP contribution in [0.15, 0.2) is 75.7 Å². The maximum atomic E-state index is 12.5. The molecule has 0 saturated carbocycles. The van der Waals surface area contributed by atoms with Gasteiger partial charge in [-0.05, 0) is 64.1 Å². The molecule has 0 spiro atoms. The normalized spacial score (nSPS) is 10.8. The Hall–Kier alpha value is -2.42. The first-order valence-electron chi connectivity index (χ1n) is 8.85. The number of aryl methyl sites for hydroxylation is 1. The van der Waals surface area contributed by atoms with Crippen molar-refractivity contribution < 1.29 is 4.79 Å². The van der Waals surface area contributed by atoms with Crippen LogP contribution in [-0.2, 0) is 4.79 Å². The maximum absolute atomic E-state index is 12.5. The van der Waals surface area contributed by atoms with Crippen molar-refractivity contribution in [1.82, 2.24) is 14.8 Å². The molecular formula is C21H17BrN4OS2. The number of carbonyl (C=O) groups excluding carboxylic acids is 1. The van der Waals surface area contributed by atoms with Crippen LogP contribution in [-0.4, -0.2) is 26.4 Å². The van der Waals surface area contributed by atoms with Crippen LogP contribution >= 0.6 is 39.0 Å². The average molecular weight is 485 g/mol. The Morgan fingerprint density at radius 1 is 1.14 bits per heavy atom. The van der Waals surface area contributed by atoms with Gasteiger partial charge in [0.15, 0.2) is 11.0 Å². The van der Waals surface area contributed by atoms with E-state index in [4.69, 9.17) is 0 Å². The summed E-state index contributed by atoms with van der Waals surface area (Å²) >= 11 is 6.47. The van der Waals surface area contributed by atoms with E-state index in [9.17, 15) is 4.79 Å². The molecule has 1 amide bonds. The fraction of sp³-hybridized carbons (Fsp3) is 0.0952. The zero-order valence-electron chi connectivity index (χ0n) is 15.5. The standard InChI is InChI=1S/C21H17BrN4OS2/c1-14-9-10-17(16(22)12-14)23-19(27)13-29-21-25-24-20(18-8-5-11-28-18)26(21)15-6-3-2-4-7-15/h2-12H,13H2,1H3,(H,23,27). The number of nitrogens with one attached hydrogen (secondary N) is 1. The van der Waals surface area contributed by atoms with Crippen LogP contribution in [0.3, 0.4) is 0 Å². The van der Waals surface area contributed by atoms with Crippen LogP contribution in [0.1, 0.15) is 5.56 Å². The highest BCUT2D eigenvalue weighted by Crippen LogP contribution is 2.30. The van der Waals surface area contributed by atoms with Crippen LogP contribution in [0, 0.1) is 6.92 Å². The molecule has 1 N–H and O–H groups in total. The molecule has 4 rings (SSSR count). The first kappa shape index (κ1) is 19.9. The molecule has 0 unspecified atom stereocenters. The molecule has 0 aliphatic carbocycles. The maximum Gasteiger partial charge on any atom is 0.234 e. The first-order valence-corrected chi connectivity index (χ1v) is 11.5. The minimum Gasteiger partial charge on any atom is -0.324 e. The molecule has 0 bridgehead atoms. The average Bonchev–Trinajstić information content (AvgIpc) is 3.38. The summed E-state index contributed by atoms with van der Waals surface area (Å²) in [6, 6.07) is 19.8. The number of hydrogen-bond donors (Lipinski definition) is 1. The minimum absolute atomic E-state index is 0.0974. The van der Waals surface area contributed by atoms with Gasteiger partial charge in [0.1, 0.15) is 0 Å². The molecular weight excluding hydrogens is 468 g/mol. The molecule has 0 fully saturated rings. The highest BCUT2D eigenvalue weighted by molar-refractivity contribution is 9.10. The quantitative estimate of drug-likeness (QED) is 0.351. The van der Waals surface area contributed by atoms with Gasteiger partial charge >= 0.3 is 0 Å². The van der Waals surface area contributed by atoms with E-state index in [1.807, 2.05) is 77.5 Å². The summed E-state index contributed by atoms with van der Waals surface area (Å²) in [4.78, 5) is 13.5. The second-order valence-electron chi connectivity index (χ2n) is 6.27. The van der Waals surface area contributed by atoms with E-state index in [2.05, 4.69) is 31.4 Å². The molecule has 0 radical (unpaired) electrons. The Labute approximate surface area is 185 Å². The van der Waals surface area contributed by atoms with Crippen LogP contribution in [0.25, 0.3) is 16.4 Å². The summed E-state index contributed by atoms with van der Waals surface area (Å²) in [5, 5.41) is 14.4. The second kappa shape index (κ2) is 8.94. The van der Waals surface area contributed by atoms with Crippen molar-refractivity contribution in [3.63, 3.8) is 0 Å². The number of aromatic nitrogens is 3. The largest absolute Gasteiger partial charge is 0.324 e. The number of hydrogen-bond acceptors (Lipinski definition) is 5. The van der Waals surface area contributed by atoms with E-state index in [0.29, 0.717) is 5.16 Å². The minimum atomic E-state index is -0.0974. The molecule has 8 heteroatoms. The lowest BCUT2D eigenvalue weighted by Gasteiger charge is -2.10. The predicted molar refractivity (Wildman–Crippen MR) is 123 cm³/mol. The fourth-order valence-electron chi connectivity index (χ4n) is 2.78. The third kappa shape index (κ3) is 4.60. The topological polar surface area (TPSA) is 59.8 Å². The lowest BCUT2D eigenvalue weighted by molar-refractivity contribution is -0.113. The monoisotopic (exact) mass is 484 g/mol. The van der Waals surface area contributed by atoms with Crippen LogP contribution in [0.5, 0.6) is 0 Å². The van der Waals surface area contributed by atoms with Gasteiger partial charge in [-0.3, -0.25) is 9.36 Å². The van der Waals surface area contributed by atoms with Crippen molar-refractivity contribution in [2.75, 3.05) is 11.1 Å². The number of thiophene rings is 1. The van der Waals surface area contributed by atoms with E-state index in [1.165, 1.54) is 11.8 Å². The molecule has 0 saturated heterocycles. The van der Waals surface area contributed by atoms with Gasteiger partial charge in [-0.1, -0.05) is 42.1 Å². The lowest BCUT2D eigenvalue weighted by atomic mass is 10.2. The number of thioether (sulfide) groups is 1. The Bertz CT molecular complexity index is 1130. The third-order valence-corrected chi connectivity index (χ3v) is 6.57. The number of benzene rings is 2. The van der Waals surface area contributed by atoms with Crippen LogP contribution < -0.4 is 5.32 Å². The molecule has 2 heterocycles. The summed E-state index contributed by atoms with van der Waals surface area (Å²) < 4.78 is 2.86. The molecule has 4 aromatic rings. The highest BCUT2D eigenvalue weighted by Gasteiger charge is 2.18. The number of halogens is 1. The zero-order valence-corrected chi connectivity index (χ0v) is 18.7. The van der Waals surface area contributed by atoms with E-state index >= 15 is 0 Å². The fourth-order valence-corrected chi connectivity index (χ4v) is 4.82. The Kier molecular flexibility index (Phi) is 6.13. The summed E-state index contributed by atoms with van der Waals surface area (Å²) in [6.07, 6.45) is 0. The number of amides is 1. The molecule has 0 aliphatic rings. The summed E-state index contributed by atoms with van der Waals surface area (Å²) in [5.41, 5.74) is 2.84. The number of para-hydroxylation sites is 1. The smallest absolute Gasteiger partial charge is 0.234 e. The van der Waals surface area contributed by atoms with Crippen molar-refractivity contribution >= 4 is 50.6 Å². The van der Waals surface area contributed by atoms with Crippen molar-refractivity contribution in [2.45, 2.75) is 12.1 Å². The number of anilines is 1. The molecule has 5 nitrogen and oxygen atoms in total. The van der Waals surface area contributed by atoms with Crippen molar-refractivity contribution in [3.8, 4) is 16.4 Å². The SMILES string of the molecule is Cc1ccc(NC(=O)CSc2nnc(-c3cccs3)n2-c2ccccc2)c(Br)c1. The number of carbonyl (C=O) groups is 1. The van der Waals surface area contributed by atoms with Crippen molar-refractivity contribution in [3.05, 3.63) is 76.1 Å². The van der Waals surface area contributed by atoms with Crippen molar-refractivity contribution in [1.29, 1.82) is 0 Å². The first-order chi connectivity index (χ1) is 14.1. The third-order valence-electron chi connectivity index (χ3n) is 4.12. The van der Waals surface area contributed by atoms with E-state index in [0.717, 1.165) is 32.1 Å². The van der Waals surface area contributed by atoms with E-state index in [1.54, 1.807) is 11.3 Å². The van der Waals surface area contributed by atoms with E-state index < -0.39 is 0 Å². The van der Waals surface area contributed by atoms with Gasteiger partial charge in [-0.2, -0.15) is 0 Å². The van der Waals surface area contributed by atoms with Gasteiger partial charge in [0, 0.05) is 10.2 Å². The zero-order chi connectivity index (χ0) is 20.2. The van der Waals surface area contributed by atoms with Crippen LogP contribution in [0.2, 0.25) is 0 Å². The van der Waals surface area contributed by atoms with Gasteiger partial charge in [0.2, 0.25) is 5.91 Å². The Morgan fingerprint density at radius 3 is 2.69 bits per heavy atom. The Balaban J connectivity index is 1.55. The molecule has 29 heavy (non-hydrogen) atoms. The van der Waals surface area contributed by atoms with Gasteiger partial charge < -0.3 is 5.32 Å². The molecule has 2 aromatic carbocycles. The van der Waals surface area contributed by atoms with E-state index in [-0.39, 0.29) is 11.7 Å². The van der Waals surface area contributed by atoms with Gasteiger partial charge in [-0.15, -0.1) is 21.5 Å². The molecule has 0 atom stereocenters.